The largest absolute Gasteiger partial charge is 0.508 e. The first-order valence-corrected chi connectivity index (χ1v) is 5.78. The molecule has 92 valence electrons. The summed E-state index contributed by atoms with van der Waals surface area (Å²) >= 11 is 5.69. The summed E-state index contributed by atoms with van der Waals surface area (Å²) in [6.07, 6.45) is 0. The molecule has 18 heavy (non-hydrogen) atoms. The second-order valence-corrected chi connectivity index (χ2v) is 4.28. The highest BCUT2D eigenvalue weighted by molar-refractivity contribution is 6.29. The molecular weight excluding hydrogens is 252 g/mol. The zero-order chi connectivity index (χ0) is 13.1. The fraction of sp³-hybridized carbons (Fsp3) is 0.0714. The monoisotopic (exact) mass is 262 g/mol. The molecule has 2 aromatic rings. The van der Waals surface area contributed by atoms with Crippen molar-refractivity contribution in [1.82, 2.24) is 0 Å². The number of aromatic hydroxyl groups is 1. The Hall–Kier alpha value is -2.00. The second-order valence-electron chi connectivity index (χ2n) is 3.84. The van der Waals surface area contributed by atoms with Crippen LogP contribution in [0.25, 0.3) is 11.1 Å². The smallest absolute Gasteiger partial charge is 0.326 e. The zero-order valence-corrected chi connectivity index (χ0v) is 10.1. The van der Waals surface area contributed by atoms with Gasteiger partial charge < -0.3 is 10.2 Å². The first-order chi connectivity index (χ1) is 8.59. The molecule has 0 aliphatic heterocycles. The van der Waals surface area contributed by atoms with Gasteiger partial charge in [-0.15, -0.1) is 11.6 Å². The third-order valence-corrected chi connectivity index (χ3v) is 3.05. The number of aliphatic carboxylic acids is 1. The Balaban J connectivity index is 2.40. The van der Waals surface area contributed by atoms with E-state index in [1.165, 1.54) is 12.1 Å². The molecule has 1 unspecified atom stereocenters. The lowest BCUT2D eigenvalue weighted by Crippen LogP contribution is -2.05. The van der Waals surface area contributed by atoms with Gasteiger partial charge in [0.1, 0.15) is 5.75 Å². The van der Waals surface area contributed by atoms with Crippen molar-refractivity contribution >= 4 is 17.6 Å². The van der Waals surface area contributed by atoms with Gasteiger partial charge in [0.25, 0.3) is 0 Å². The molecule has 2 aromatic carbocycles. The fourth-order valence-electron chi connectivity index (χ4n) is 1.70. The Morgan fingerprint density at radius 1 is 1.06 bits per heavy atom. The molecule has 2 rings (SSSR count). The Kier molecular flexibility index (Phi) is 3.53. The molecule has 0 bridgehead atoms. The molecule has 1 atom stereocenters. The standard InChI is InChI=1S/C14H11ClO3/c15-13(14(17)18)11-7-6-10(8-12(11)16)9-4-2-1-3-5-9/h1-8,13,16H,(H,17,18). The van der Waals surface area contributed by atoms with Crippen LogP contribution in [0, 0.1) is 0 Å². The van der Waals surface area contributed by atoms with E-state index in [2.05, 4.69) is 0 Å². The van der Waals surface area contributed by atoms with Gasteiger partial charge in [-0.2, -0.15) is 0 Å². The van der Waals surface area contributed by atoms with Gasteiger partial charge in [0.15, 0.2) is 5.38 Å². The van der Waals surface area contributed by atoms with Crippen molar-refractivity contribution in [3.63, 3.8) is 0 Å². The van der Waals surface area contributed by atoms with Crippen LogP contribution in [0.15, 0.2) is 48.5 Å². The van der Waals surface area contributed by atoms with E-state index in [1.807, 2.05) is 30.3 Å². The van der Waals surface area contributed by atoms with Crippen molar-refractivity contribution in [3.05, 3.63) is 54.1 Å². The quantitative estimate of drug-likeness (QED) is 0.834. The summed E-state index contributed by atoms with van der Waals surface area (Å²) in [7, 11) is 0. The molecule has 2 N–H and O–H groups in total. The predicted molar refractivity (Wildman–Crippen MR) is 69.8 cm³/mol. The summed E-state index contributed by atoms with van der Waals surface area (Å²) in [5, 5.41) is 17.4. The number of alkyl halides is 1. The Morgan fingerprint density at radius 2 is 1.72 bits per heavy atom. The van der Waals surface area contributed by atoms with Crippen LogP contribution in [0.4, 0.5) is 0 Å². The SMILES string of the molecule is O=C(O)C(Cl)c1ccc(-c2ccccc2)cc1O. The van der Waals surface area contributed by atoms with Crippen molar-refractivity contribution in [2.45, 2.75) is 5.38 Å². The molecule has 3 nitrogen and oxygen atoms in total. The van der Waals surface area contributed by atoms with Gasteiger partial charge in [-0.25, -0.2) is 0 Å². The van der Waals surface area contributed by atoms with Crippen molar-refractivity contribution < 1.29 is 15.0 Å². The van der Waals surface area contributed by atoms with Crippen LogP contribution in [-0.2, 0) is 4.79 Å². The van der Waals surface area contributed by atoms with E-state index in [0.717, 1.165) is 11.1 Å². The predicted octanol–water partition coefficient (Wildman–Crippen LogP) is 3.42. The number of phenolic OH excluding ortho intramolecular Hbond substituents is 1. The summed E-state index contributed by atoms with van der Waals surface area (Å²) in [6, 6.07) is 14.3. The van der Waals surface area contributed by atoms with Gasteiger partial charge in [0.05, 0.1) is 0 Å². The minimum Gasteiger partial charge on any atom is -0.508 e. The van der Waals surface area contributed by atoms with E-state index >= 15 is 0 Å². The van der Waals surface area contributed by atoms with Crippen molar-refractivity contribution in [2.75, 3.05) is 0 Å². The minimum atomic E-state index is -1.24. The third kappa shape index (κ3) is 2.46. The summed E-state index contributed by atoms with van der Waals surface area (Å²) < 4.78 is 0. The topological polar surface area (TPSA) is 57.5 Å². The molecule has 0 heterocycles. The van der Waals surface area contributed by atoms with Crippen LogP contribution in [0.3, 0.4) is 0 Å². The number of rotatable bonds is 3. The van der Waals surface area contributed by atoms with Crippen LogP contribution in [-0.4, -0.2) is 16.2 Å². The van der Waals surface area contributed by atoms with Crippen LogP contribution >= 0.6 is 11.6 Å². The first-order valence-electron chi connectivity index (χ1n) is 5.35. The molecule has 0 saturated heterocycles. The highest BCUT2D eigenvalue weighted by Crippen LogP contribution is 2.32. The zero-order valence-electron chi connectivity index (χ0n) is 9.38. The molecule has 0 fully saturated rings. The normalized spacial score (nSPS) is 12.1. The van der Waals surface area contributed by atoms with E-state index in [9.17, 15) is 9.90 Å². The van der Waals surface area contributed by atoms with Crippen molar-refractivity contribution in [3.8, 4) is 16.9 Å². The van der Waals surface area contributed by atoms with Gasteiger partial charge in [-0.1, -0.05) is 42.5 Å². The maximum Gasteiger partial charge on any atom is 0.326 e. The van der Waals surface area contributed by atoms with Gasteiger partial charge in [0, 0.05) is 5.56 Å². The molecule has 0 saturated carbocycles. The average molecular weight is 263 g/mol. The molecule has 0 amide bonds. The van der Waals surface area contributed by atoms with E-state index in [1.54, 1.807) is 6.07 Å². The van der Waals surface area contributed by atoms with E-state index in [-0.39, 0.29) is 11.3 Å². The van der Waals surface area contributed by atoms with Crippen LogP contribution < -0.4 is 0 Å². The maximum absolute atomic E-state index is 10.8. The number of carboxylic acids is 1. The molecule has 4 heteroatoms. The lowest BCUT2D eigenvalue weighted by Gasteiger charge is -2.09. The fourth-order valence-corrected chi connectivity index (χ4v) is 1.89. The summed E-state index contributed by atoms with van der Waals surface area (Å²) in [5.74, 6) is -1.29. The summed E-state index contributed by atoms with van der Waals surface area (Å²) in [5.41, 5.74) is 1.95. The molecule has 0 radical (unpaired) electrons. The van der Waals surface area contributed by atoms with Gasteiger partial charge >= 0.3 is 5.97 Å². The number of hydrogen-bond donors (Lipinski definition) is 2. The second kappa shape index (κ2) is 5.10. The Morgan fingerprint density at radius 3 is 2.28 bits per heavy atom. The van der Waals surface area contributed by atoms with Crippen molar-refractivity contribution in [2.24, 2.45) is 0 Å². The lowest BCUT2D eigenvalue weighted by molar-refractivity contribution is -0.136. The molecule has 0 aliphatic rings. The van der Waals surface area contributed by atoms with E-state index < -0.39 is 11.3 Å². The van der Waals surface area contributed by atoms with E-state index in [4.69, 9.17) is 16.7 Å². The van der Waals surface area contributed by atoms with Crippen LogP contribution in [0.1, 0.15) is 10.9 Å². The van der Waals surface area contributed by atoms with E-state index in [0.29, 0.717) is 0 Å². The van der Waals surface area contributed by atoms with Crippen molar-refractivity contribution in [1.29, 1.82) is 0 Å². The number of halogens is 1. The number of phenols is 1. The van der Waals surface area contributed by atoms with Crippen LogP contribution in [0.5, 0.6) is 5.75 Å². The van der Waals surface area contributed by atoms with Gasteiger partial charge in [0.2, 0.25) is 0 Å². The van der Waals surface area contributed by atoms with Gasteiger partial charge in [-0.05, 0) is 17.2 Å². The maximum atomic E-state index is 10.8. The number of benzene rings is 2. The summed E-state index contributed by atoms with van der Waals surface area (Å²) in [6.45, 7) is 0. The molecule has 0 aromatic heterocycles. The minimum absolute atomic E-state index is 0.112. The van der Waals surface area contributed by atoms with Gasteiger partial charge in [-0.3, -0.25) is 4.79 Å². The lowest BCUT2D eigenvalue weighted by atomic mass is 10.0. The molecule has 0 spiro atoms. The van der Waals surface area contributed by atoms with Crippen LogP contribution in [0.2, 0.25) is 0 Å². The highest BCUT2D eigenvalue weighted by atomic mass is 35.5. The number of carboxylic acid groups (broad SMARTS) is 1. The number of hydrogen-bond acceptors (Lipinski definition) is 2. The Bertz CT molecular complexity index is 567. The molecule has 0 aliphatic carbocycles. The average Bonchev–Trinajstić information content (AvgIpc) is 2.38. The third-order valence-electron chi connectivity index (χ3n) is 2.63. The number of carbonyl (C=O) groups is 1. The summed E-state index contributed by atoms with van der Waals surface area (Å²) in [4.78, 5) is 10.8. The first kappa shape index (κ1) is 12.5. The highest BCUT2D eigenvalue weighted by Gasteiger charge is 2.20. The molecular formula is C14H11ClO3. The Labute approximate surface area is 109 Å².